The quantitative estimate of drug-likeness (QED) is 0.0477. The summed E-state index contributed by atoms with van der Waals surface area (Å²) in [6.07, 6.45) is 64.4. The van der Waals surface area contributed by atoms with E-state index in [9.17, 15) is 0 Å². The average molecular weight is 615 g/mol. The standard InChI is InChI=1S/C44H86/c1-3-5-7-9-11-13-15-17-19-21-23-25-27-29-31-33-35-37-39-41-43-44-42-40-38-36-34-32-30-28-26-24-22-20-18-16-14-12-10-8-6-4-2/h17-20H,3-16,21-44H2,1-2H3/b19-17-,20-18?. The van der Waals surface area contributed by atoms with Crippen molar-refractivity contribution in [3.05, 3.63) is 24.3 Å². The minimum absolute atomic E-state index is 1.31. The van der Waals surface area contributed by atoms with E-state index in [2.05, 4.69) is 38.2 Å². The highest BCUT2D eigenvalue weighted by Crippen LogP contribution is 2.16. The highest BCUT2D eigenvalue weighted by atomic mass is 14.0. The third-order valence-electron chi connectivity index (χ3n) is 9.77. The van der Waals surface area contributed by atoms with Gasteiger partial charge in [-0.2, -0.15) is 0 Å². The topological polar surface area (TPSA) is 0 Å². The maximum Gasteiger partial charge on any atom is -0.0351 e. The molecule has 0 rings (SSSR count). The molecule has 0 aromatic carbocycles. The molecule has 0 spiro atoms. The van der Waals surface area contributed by atoms with Gasteiger partial charge in [0.05, 0.1) is 0 Å². The molecule has 0 aromatic heterocycles. The first kappa shape index (κ1) is 43.5. The van der Waals surface area contributed by atoms with Gasteiger partial charge < -0.3 is 0 Å². The smallest absolute Gasteiger partial charge is 0.0351 e. The summed E-state index contributed by atoms with van der Waals surface area (Å²) in [4.78, 5) is 0. The third kappa shape index (κ3) is 41.5. The largest absolute Gasteiger partial charge is 0.0885 e. The Labute approximate surface area is 281 Å². The van der Waals surface area contributed by atoms with Gasteiger partial charge in [0.1, 0.15) is 0 Å². The Kier molecular flexibility index (Phi) is 42.0. The van der Waals surface area contributed by atoms with Gasteiger partial charge in [-0.25, -0.2) is 0 Å². The molecule has 0 aliphatic carbocycles. The predicted molar refractivity (Wildman–Crippen MR) is 205 cm³/mol. The zero-order chi connectivity index (χ0) is 31.7. The van der Waals surface area contributed by atoms with Crippen molar-refractivity contribution in [2.75, 3.05) is 0 Å². The van der Waals surface area contributed by atoms with Crippen LogP contribution in [-0.2, 0) is 0 Å². The second-order valence-corrected chi connectivity index (χ2v) is 14.4. The van der Waals surface area contributed by atoms with Crippen LogP contribution < -0.4 is 0 Å². The normalized spacial score (nSPS) is 12.0. The van der Waals surface area contributed by atoms with E-state index in [-0.39, 0.29) is 0 Å². The maximum absolute atomic E-state index is 2.45. The highest BCUT2D eigenvalue weighted by molar-refractivity contribution is 4.82. The first-order valence-corrected chi connectivity index (χ1v) is 21.2. The van der Waals surface area contributed by atoms with Crippen LogP contribution in [0.25, 0.3) is 0 Å². The van der Waals surface area contributed by atoms with Crippen LogP contribution in [-0.4, -0.2) is 0 Å². The Morgan fingerprint density at radius 3 is 0.477 bits per heavy atom. The van der Waals surface area contributed by atoms with Gasteiger partial charge in [0.25, 0.3) is 0 Å². The summed E-state index contributed by atoms with van der Waals surface area (Å²) >= 11 is 0. The van der Waals surface area contributed by atoms with Crippen molar-refractivity contribution in [1.82, 2.24) is 0 Å². The molecule has 0 nitrogen and oxygen atoms in total. The molecule has 0 heteroatoms. The van der Waals surface area contributed by atoms with Crippen molar-refractivity contribution in [2.24, 2.45) is 0 Å². The molecule has 0 aliphatic heterocycles. The molecule has 0 amide bonds. The van der Waals surface area contributed by atoms with Crippen LogP contribution in [0.2, 0.25) is 0 Å². The number of unbranched alkanes of at least 4 members (excludes halogenated alkanes) is 35. The number of hydrogen-bond acceptors (Lipinski definition) is 0. The third-order valence-corrected chi connectivity index (χ3v) is 9.77. The number of rotatable bonds is 39. The lowest BCUT2D eigenvalue weighted by atomic mass is 10.0. The SMILES string of the molecule is CCCCCCCCC=CCCCCCCCCCCCCCCCCCCCCCCCC/C=C\CCCCCCCC. The molecule has 0 unspecified atom stereocenters. The van der Waals surface area contributed by atoms with E-state index in [1.54, 1.807) is 0 Å². The zero-order valence-electron chi connectivity index (χ0n) is 31.2. The summed E-state index contributed by atoms with van der Waals surface area (Å²) in [6.45, 7) is 4.60. The first-order chi connectivity index (χ1) is 21.9. The molecule has 0 saturated carbocycles. The molecule has 0 saturated heterocycles. The van der Waals surface area contributed by atoms with E-state index in [0.29, 0.717) is 0 Å². The van der Waals surface area contributed by atoms with Gasteiger partial charge in [-0.3, -0.25) is 0 Å². The minimum atomic E-state index is 1.31. The average Bonchev–Trinajstić information content (AvgIpc) is 3.04. The van der Waals surface area contributed by atoms with Gasteiger partial charge >= 0.3 is 0 Å². The minimum Gasteiger partial charge on any atom is -0.0885 e. The summed E-state index contributed by atoms with van der Waals surface area (Å²) in [5.74, 6) is 0. The Hall–Kier alpha value is -0.520. The monoisotopic (exact) mass is 615 g/mol. The summed E-state index contributed by atoms with van der Waals surface area (Å²) in [6, 6.07) is 0. The lowest BCUT2D eigenvalue weighted by molar-refractivity contribution is 0.518. The molecule has 0 aromatic rings. The van der Waals surface area contributed by atoms with E-state index >= 15 is 0 Å². The van der Waals surface area contributed by atoms with Crippen molar-refractivity contribution >= 4 is 0 Å². The summed E-state index contributed by atoms with van der Waals surface area (Å²) < 4.78 is 0. The van der Waals surface area contributed by atoms with Crippen LogP contribution in [0.4, 0.5) is 0 Å². The molecule has 0 N–H and O–H groups in total. The Morgan fingerprint density at radius 1 is 0.182 bits per heavy atom. The van der Waals surface area contributed by atoms with Crippen molar-refractivity contribution in [3.8, 4) is 0 Å². The lowest BCUT2D eigenvalue weighted by Crippen LogP contribution is -1.84. The number of allylic oxidation sites excluding steroid dienone is 4. The van der Waals surface area contributed by atoms with Crippen molar-refractivity contribution in [2.45, 2.75) is 258 Å². The molecular formula is C44H86. The molecule has 0 aliphatic rings. The summed E-state index contributed by atoms with van der Waals surface area (Å²) in [5, 5.41) is 0. The Bertz CT molecular complexity index is 480. The zero-order valence-corrected chi connectivity index (χ0v) is 31.2. The maximum atomic E-state index is 2.45. The summed E-state index contributed by atoms with van der Waals surface area (Å²) in [5.41, 5.74) is 0. The van der Waals surface area contributed by atoms with E-state index < -0.39 is 0 Å². The van der Waals surface area contributed by atoms with E-state index in [0.717, 1.165) is 0 Å². The Balaban J connectivity index is 3.09. The lowest BCUT2D eigenvalue weighted by Gasteiger charge is -2.04. The van der Waals surface area contributed by atoms with Crippen molar-refractivity contribution < 1.29 is 0 Å². The second-order valence-electron chi connectivity index (χ2n) is 14.4. The van der Waals surface area contributed by atoms with Crippen molar-refractivity contribution in [1.29, 1.82) is 0 Å². The van der Waals surface area contributed by atoms with Crippen molar-refractivity contribution in [3.63, 3.8) is 0 Å². The van der Waals surface area contributed by atoms with Crippen LogP contribution in [0, 0.1) is 0 Å². The van der Waals surface area contributed by atoms with Gasteiger partial charge in [0.15, 0.2) is 0 Å². The van der Waals surface area contributed by atoms with Crippen LogP contribution in [0.3, 0.4) is 0 Å². The van der Waals surface area contributed by atoms with Gasteiger partial charge in [-0.1, -0.05) is 231 Å². The molecular weight excluding hydrogens is 528 g/mol. The molecule has 0 bridgehead atoms. The van der Waals surface area contributed by atoms with E-state index in [1.165, 1.54) is 244 Å². The molecule has 262 valence electrons. The number of hydrogen-bond donors (Lipinski definition) is 0. The van der Waals surface area contributed by atoms with Gasteiger partial charge in [-0.15, -0.1) is 0 Å². The molecule has 0 fully saturated rings. The van der Waals surface area contributed by atoms with Crippen LogP contribution in [0.1, 0.15) is 258 Å². The fraction of sp³-hybridized carbons (Fsp3) is 0.909. The summed E-state index contributed by atoms with van der Waals surface area (Å²) in [7, 11) is 0. The molecule has 0 radical (unpaired) electrons. The van der Waals surface area contributed by atoms with Gasteiger partial charge in [0.2, 0.25) is 0 Å². The highest BCUT2D eigenvalue weighted by Gasteiger charge is 1.96. The van der Waals surface area contributed by atoms with E-state index in [1.807, 2.05) is 0 Å². The molecule has 44 heavy (non-hydrogen) atoms. The van der Waals surface area contributed by atoms with Crippen LogP contribution in [0.5, 0.6) is 0 Å². The molecule has 0 atom stereocenters. The van der Waals surface area contributed by atoms with E-state index in [4.69, 9.17) is 0 Å². The predicted octanol–water partition coefficient (Wildman–Crippen LogP) is 17.0. The first-order valence-electron chi connectivity index (χ1n) is 21.2. The Morgan fingerprint density at radius 2 is 0.318 bits per heavy atom. The van der Waals surface area contributed by atoms with Crippen LogP contribution in [0.15, 0.2) is 24.3 Å². The fourth-order valence-corrected chi connectivity index (χ4v) is 6.62. The van der Waals surface area contributed by atoms with Gasteiger partial charge in [-0.05, 0) is 51.4 Å². The second kappa shape index (κ2) is 42.5. The van der Waals surface area contributed by atoms with Gasteiger partial charge in [0, 0.05) is 0 Å². The van der Waals surface area contributed by atoms with Crippen LogP contribution >= 0.6 is 0 Å². The fourth-order valence-electron chi connectivity index (χ4n) is 6.62. The molecule has 0 heterocycles.